The van der Waals surface area contributed by atoms with Crippen molar-refractivity contribution in [3.63, 3.8) is 0 Å². The minimum Gasteiger partial charge on any atom is -0.418 e. The van der Waals surface area contributed by atoms with Crippen molar-refractivity contribution in [1.29, 1.82) is 0 Å². The highest BCUT2D eigenvalue weighted by Crippen LogP contribution is 2.54. The van der Waals surface area contributed by atoms with Gasteiger partial charge in [-0.25, -0.2) is 0 Å². The van der Waals surface area contributed by atoms with Gasteiger partial charge in [0.1, 0.15) is 0 Å². The van der Waals surface area contributed by atoms with Gasteiger partial charge in [0.2, 0.25) is 0 Å². The van der Waals surface area contributed by atoms with Crippen LogP contribution in [0.15, 0.2) is 194 Å². The highest BCUT2D eigenvalue weighted by Gasteiger charge is 2.38. The zero-order valence-corrected chi connectivity index (χ0v) is 52.8. The number of rotatable bonds is 4. The van der Waals surface area contributed by atoms with Gasteiger partial charge in [-0.3, -0.25) is 0 Å². The second-order valence-electron chi connectivity index (χ2n) is 24.8. The summed E-state index contributed by atoms with van der Waals surface area (Å²) >= 11 is 0. The molecule has 0 radical (unpaired) electrons. The molecule has 0 heterocycles. The van der Waals surface area contributed by atoms with Crippen LogP contribution in [-0.2, 0) is 0 Å². The quantitative estimate of drug-likeness (QED) is 0.0936. The molecule has 10 heteroatoms. The molecule has 14 rings (SSSR count). The summed E-state index contributed by atoms with van der Waals surface area (Å²) in [5, 5.41) is 10.4. The van der Waals surface area contributed by atoms with E-state index in [0.717, 1.165) is 0 Å². The normalized spacial score (nSPS) is 13.8. The molecule has 0 unspecified atom stereocenters. The van der Waals surface area contributed by atoms with Crippen molar-refractivity contribution < 1.29 is 34.5 Å². The molecule has 2 atom stereocenters. The predicted molar refractivity (Wildman–Crippen MR) is 365 cm³/mol. The molecule has 12 aromatic rings. The summed E-state index contributed by atoms with van der Waals surface area (Å²) in [7, 11) is -12.0. The lowest BCUT2D eigenvalue weighted by Crippen LogP contribution is -2.05. The molecule has 0 fully saturated rings. The SMILES string of the molecule is Cc1cc(C)c(-c2c3ccccc3ccc3cc4c(c[c+]23)[C@@H](c2c(C)cc(C)cc2C)c2ccccc2-4)c(C)c1.Cc1cc(C)c(-c2c3ccccc3ccc3cc4c(c[c+]23)[C@@H](c2c(C)cc(C)cc2C)c2ccccc2-4)c(C)c1.F[B-](F)(F)F.F[B-](F)(F)F. The van der Waals surface area contributed by atoms with Crippen LogP contribution in [0, 0.1) is 83.1 Å². The Morgan fingerprint density at radius 3 is 0.889 bits per heavy atom. The number of aryl methyl sites for hydroxylation is 12. The van der Waals surface area contributed by atoms with Crippen molar-refractivity contribution in [2.75, 3.05) is 0 Å². The van der Waals surface area contributed by atoms with Gasteiger partial charge in [-0.1, -0.05) is 108 Å². The van der Waals surface area contributed by atoms with Crippen molar-refractivity contribution in [2.45, 2.75) is 94.9 Å². The minimum absolute atomic E-state index is 0.223. The van der Waals surface area contributed by atoms with Gasteiger partial charge in [0.05, 0.1) is 44.5 Å². The molecule has 0 bridgehead atoms. The van der Waals surface area contributed by atoms with E-state index in [0.29, 0.717) is 0 Å². The van der Waals surface area contributed by atoms with E-state index in [2.05, 4.69) is 277 Å². The summed E-state index contributed by atoms with van der Waals surface area (Å²) in [4.78, 5) is 0. The van der Waals surface area contributed by atoms with Crippen molar-refractivity contribution in [3.8, 4) is 44.5 Å². The van der Waals surface area contributed by atoms with Gasteiger partial charge in [0.15, 0.2) is 0 Å². The smallest absolute Gasteiger partial charge is 0.418 e. The standard InChI is InChI=1S/2C40H35.2BF4/c2*1-23-17-25(3)37(26(4)18-23)39-31-12-8-7-11-29(31)15-16-30-21-35-32-13-9-10-14-33(32)40(36(35)22-34(30)39)38-27(5)19-24(2)20-28(38)6;2*2-1(3,4)5/h2*7-22,40H,1-6H3;;/q2*+1;2*-1/t2*40-;;/m00../s1. The molecular weight excluding hydrogens is 1130 g/mol. The van der Waals surface area contributed by atoms with Crippen molar-refractivity contribution in [2.24, 2.45) is 0 Å². The van der Waals surface area contributed by atoms with Crippen LogP contribution < -0.4 is 0 Å². The average Bonchev–Trinajstić information content (AvgIpc) is 1.29. The first-order valence-corrected chi connectivity index (χ1v) is 30.5. The van der Waals surface area contributed by atoms with E-state index in [1.807, 2.05) is 0 Å². The molecular formula is C80H70B2F8. The molecule has 0 saturated carbocycles. The van der Waals surface area contributed by atoms with Gasteiger partial charge in [0, 0.05) is 79.2 Å². The van der Waals surface area contributed by atoms with Crippen LogP contribution in [0.1, 0.15) is 112 Å². The number of fused-ring (bicyclic) bond motifs is 10. The van der Waals surface area contributed by atoms with Crippen molar-refractivity contribution >= 4 is 57.6 Å². The predicted octanol–water partition coefficient (Wildman–Crippen LogP) is 24.5. The van der Waals surface area contributed by atoms with Crippen LogP contribution in [0.2, 0.25) is 0 Å². The zero-order chi connectivity index (χ0) is 64.4. The molecule has 452 valence electrons. The van der Waals surface area contributed by atoms with E-state index < -0.39 is 14.5 Å². The first-order valence-electron chi connectivity index (χ1n) is 30.5. The Bertz CT molecular complexity index is 4470. The Morgan fingerprint density at radius 2 is 0.567 bits per heavy atom. The van der Waals surface area contributed by atoms with Gasteiger partial charge in [0.25, 0.3) is 0 Å². The number of benzene rings is 10. The molecule has 2 aliphatic carbocycles. The first kappa shape index (κ1) is 62.6. The monoisotopic (exact) mass is 1200 g/mol. The Balaban J connectivity index is 0.000000161. The Morgan fingerprint density at radius 1 is 0.289 bits per heavy atom. The molecule has 0 aliphatic heterocycles. The van der Waals surface area contributed by atoms with Crippen LogP contribution in [0.4, 0.5) is 34.5 Å². The maximum Gasteiger partial charge on any atom is 0.673 e. The van der Waals surface area contributed by atoms with Crippen LogP contribution >= 0.6 is 0 Å². The van der Waals surface area contributed by atoms with Crippen molar-refractivity contribution in [1.82, 2.24) is 0 Å². The zero-order valence-electron chi connectivity index (χ0n) is 52.8. The molecule has 0 spiro atoms. The molecule has 12 aromatic carbocycles. The second-order valence-corrected chi connectivity index (χ2v) is 24.8. The third kappa shape index (κ3) is 12.4. The summed E-state index contributed by atoms with van der Waals surface area (Å²) in [6, 6.07) is 73.9. The molecule has 90 heavy (non-hydrogen) atoms. The van der Waals surface area contributed by atoms with Crippen LogP contribution in [0.3, 0.4) is 0 Å². The van der Waals surface area contributed by atoms with Gasteiger partial charge < -0.3 is 34.5 Å². The van der Waals surface area contributed by atoms with E-state index in [-0.39, 0.29) is 11.8 Å². The maximum atomic E-state index is 9.75. The molecule has 0 N–H and O–H groups in total. The fourth-order valence-corrected chi connectivity index (χ4v) is 15.2. The van der Waals surface area contributed by atoms with Gasteiger partial charge >= 0.3 is 14.5 Å². The van der Waals surface area contributed by atoms with Crippen molar-refractivity contribution in [3.05, 3.63) is 294 Å². The topological polar surface area (TPSA) is 0 Å². The highest BCUT2D eigenvalue weighted by molar-refractivity contribution is 6.50. The maximum absolute atomic E-state index is 9.75. The third-order valence-electron chi connectivity index (χ3n) is 18.0. The number of hydrogen-bond donors (Lipinski definition) is 0. The highest BCUT2D eigenvalue weighted by atomic mass is 19.5. The van der Waals surface area contributed by atoms with Crippen LogP contribution in [0.5, 0.6) is 0 Å². The van der Waals surface area contributed by atoms with Gasteiger partial charge in [-0.05, 0) is 245 Å². The average molecular weight is 1210 g/mol. The summed E-state index contributed by atoms with van der Waals surface area (Å²) in [6.07, 6.45) is 0. The summed E-state index contributed by atoms with van der Waals surface area (Å²) < 4.78 is 78.0. The van der Waals surface area contributed by atoms with E-state index in [1.54, 1.807) is 0 Å². The van der Waals surface area contributed by atoms with Crippen LogP contribution in [0.25, 0.3) is 87.6 Å². The fourth-order valence-electron chi connectivity index (χ4n) is 15.2. The lowest BCUT2D eigenvalue weighted by Gasteiger charge is -2.19. The Labute approximate surface area is 523 Å². The fraction of sp³-hybridized carbons (Fsp3) is 0.175. The number of halogens is 8. The Hall–Kier alpha value is -9.01. The van der Waals surface area contributed by atoms with E-state index in [9.17, 15) is 34.5 Å². The largest absolute Gasteiger partial charge is 0.673 e. The van der Waals surface area contributed by atoms with E-state index >= 15 is 0 Å². The van der Waals surface area contributed by atoms with Gasteiger partial charge in [-0.2, -0.15) is 0 Å². The van der Waals surface area contributed by atoms with Gasteiger partial charge in [-0.15, -0.1) is 0 Å². The molecule has 0 amide bonds. The van der Waals surface area contributed by atoms with Crippen LogP contribution in [-0.4, -0.2) is 14.5 Å². The first-order chi connectivity index (χ1) is 42.6. The lowest BCUT2D eigenvalue weighted by molar-refractivity contribution is 0.366. The van der Waals surface area contributed by atoms with E-state index in [1.165, 1.54) is 188 Å². The summed E-state index contributed by atoms with van der Waals surface area (Å²) in [5.41, 5.74) is 35.6. The lowest BCUT2D eigenvalue weighted by atomic mass is 9.82. The molecule has 0 saturated heterocycles. The third-order valence-corrected chi connectivity index (χ3v) is 18.0. The Kier molecular flexibility index (Phi) is 17.0. The second kappa shape index (κ2) is 24.4. The molecule has 0 nitrogen and oxygen atoms in total. The molecule has 0 aromatic heterocycles. The minimum atomic E-state index is -6.00. The summed E-state index contributed by atoms with van der Waals surface area (Å²) in [5.74, 6) is 0.446. The summed E-state index contributed by atoms with van der Waals surface area (Å²) in [6.45, 7) is 27.0. The van der Waals surface area contributed by atoms with E-state index in [4.69, 9.17) is 0 Å². The number of hydrogen-bond acceptors (Lipinski definition) is 0. The molecule has 2 aliphatic rings.